The first-order valence-corrected chi connectivity index (χ1v) is 5.88. The van der Waals surface area contributed by atoms with Gasteiger partial charge in [0, 0.05) is 0 Å². The minimum absolute atomic E-state index is 0.125. The van der Waals surface area contributed by atoms with Crippen LogP contribution < -0.4 is 0 Å². The van der Waals surface area contributed by atoms with Crippen LogP contribution in [0, 0.1) is 0 Å². The Bertz CT molecular complexity index is 351. The van der Waals surface area contributed by atoms with Crippen LogP contribution in [0.4, 0.5) is 13.2 Å². The second-order valence-corrected chi connectivity index (χ2v) is 4.37. The number of hydrogen-bond acceptors (Lipinski definition) is 1. The summed E-state index contributed by atoms with van der Waals surface area (Å²) in [5.41, 5.74) is 0.125. The van der Waals surface area contributed by atoms with Gasteiger partial charge in [0.05, 0.1) is 11.7 Å². The van der Waals surface area contributed by atoms with E-state index in [1.165, 1.54) is 24.3 Å². The van der Waals surface area contributed by atoms with E-state index in [1.54, 1.807) is 6.07 Å². The van der Waals surface area contributed by atoms with E-state index in [0.717, 1.165) is 0 Å². The van der Waals surface area contributed by atoms with E-state index in [0.29, 0.717) is 0 Å². The van der Waals surface area contributed by atoms with Crippen LogP contribution in [0.25, 0.3) is 0 Å². The van der Waals surface area contributed by atoms with E-state index < -0.39 is 23.2 Å². The number of alkyl halides is 3. The van der Waals surface area contributed by atoms with E-state index in [9.17, 15) is 17.4 Å². The van der Waals surface area contributed by atoms with E-state index in [1.807, 2.05) is 0 Å². The molecule has 0 aliphatic heterocycles. The Labute approximate surface area is 93.8 Å². The minimum atomic E-state index is -4.39. The fourth-order valence-corrected chi connectivity index (χ4v) is 1.86. The van der Waals surface area contributed by atoms with Crippen LogP contribution in [0.1, 0.15) is 17.9 Å². The summed E-state index contributed by atoms with van der Waals surface area (Å²) < 4.78 is 57.0. The maximum absolute atomic E-state index is 12.7. The zero-order chi connectivity index (χ0) is 12.2. The SMILES string of the molecule is O=S(O)CCC(c1ccccc1)C(F)(F)F. The quantitative estimate of drug-likeness (QED) is 0.836. The smallest absolute Gasteiger partial charge is 0.306 e. The first kappa shape index (κ1) is 13.2. The van der Waals surface area contributed by atoms with Crippen LogP contribution in [-0.2, 0) is 11.1 Å². The van der Waals surface area contributed by atoms with Gasteiger partial charge in [-0.15, -0.1) is 0 Å². The lowest BCUT2D eigenvalue weighted by atomic mass is 9.96. The van der Waals surface area contributed by atoms with E-state index in [4.69, 9.17) is 4.55 Å². The third-order valence-electron chi connectivity index (χ3n) is 2.18. The predicted molar refractivity (Wildman–Crippen MR) is 55.5 cm³/mol. The van der Waals surface area contributed by atoms with Crippen molar-refractivity contribution >= 4 is 11.1 Å². The Morgan fingerprint density at radius 1 is 1.25 bits per heavy atom. The molecule has 0 radical (unpaired) electrons. The molecule has 0 aliphatic carbocycles. The fourth-order valence-electron chi connectivity index (χ4n) is 1.42. The molecule has 1 rings (SSSR count). The summed E-state index contributed by atoms with van der Waals surface area (Å²) in [4.78, 5) is 0. The summed E-state index contributed by atoms with van der Waals surface area (Å²) in [5.74, 6) is -2.05. The largest absolute Gasteiger partial charge is 0.395 e. The Morgan fingerprint density at radius 3 is 2.25 bits per heavy atom. The molecule has 2 nitrogen and oxygen atoms in total. The summed E-state index contributed by atoms with van der Waals surface area (Å²) in [5, 5.41) is 0. The highest BCUT2D eigenvalue weighted by atomic mass is 32.2. The van der Waals surface area contributed by atoms with Crippen molar-refractivity contribution in [2.75, 3.05) is 5.75 Å². The van der Waals surface area contributed by atoms with Gasteiger partial charge in [0.1, 0.15) is 0 Å². The van der Waals surface area contributed by atoms with Gasteiger partial charge in [-0.2, -0.15) is 13.2 Å². The standard InChI is InChI=1S/C10H11F3O2S/c11-10(12,13)9(6-7-16(14)15)8-4-2-1-3-5-8/h1-5,9H,6-7H2,(H,14,15). The zero-order valence-electron chi connectivity index (χ0n) is 8.28. The number of hydrogen-bond donors (Lipinski definition) is 1. The van der Waals surface area contributed by atoms with Gasteiger partial charge in [0.25, 0.3) is 0 Å². The van der Waals surface area contributed by atoms with Gasteiger partial charge < -0.3 is 4.55 Å². The van der Waals surface area contributed by atoms with Crippen LogP contribution in [0.5, 0.6) is 0 Å². The highest BCUT2D eigenvalue weighted by Crippen LogP contribution is 2.37. The van der Waals surface area contributed by atoms with Gasteiger partial charge in [-0.25, -0.2) is 4.21 Å². The molecule has 90 valence electrons. The van der Waals surface area contributed by atoms with Crippen LogP contribution in [0.3, 0.4) is 0 Å². The molecule has 0 bridgehead atoms. The zero-order valence-corrected chi connectivity index (χ0v) is 9.09. The van der Waals surface area contributed by atoms with Crippen molar-refractivity contribution in [2.45, 2.75) is 18.5 Å². The molecule has 2 atom stereocenters. The predicted octanol–water partition coefficient (Wildman–Crippen LogP) is 2.94. The average Bonchev–Trinajstić information content (AvgIpc) is 2.17. The van der Waals surface area contributed by atoms with Gasteiger partial charge in [0.2, 0.25) is 0 Å². The van der Waals surface area contributed by atoms with Crippen molar-refractivity contribution in [3.05, 3.63) is 35.9 Å². The molecule has 1 aromatic carbocycles. The van der Waals surface area contributed by atoms with E-state index in [2.05, 4.69) is 0 Å². The maximum atomic E-state index is 12.7. The summed E-state index contributed by atoms with van der Waals surface area (Å²) in [6, 6.07) is 7.41. The molecular formula is C10H11F3O2S. The van der Waals surface area contributed by atoms with Crippen LogP contribution in [0.15, 0.2) is 30.3 Å². The molecule has 0 spiro atoms. The second kappa shape index (κ2) is 5.45. The molecule has 0 fully saturated rings. The second-order valence-electron chi connectivity index (χ2n) is 3.32. The highest BCUT2D eigenvalue weighted by molar-refractivity contribution is 7.79. The minimum Gasteiger partial charge on any atom is -0.306 e. The topological polar surface area (TPSA) is 37.3 Å². The lowest BCUT2D eigenvalue weighted by Crippen LogP contribution is -2.22. The number of rotatable bonds is 4. The van der Waals surface area contributed by atoms with Crippen molar-refractivity contribution in [3.63, 3.8) is 0 Å². The Balaban J connectivity index is 2.84. The third kappa shape index (κ3) is 3.94. The molecule has 6 heteroatoms. The third-order valence-corrected chi connectivity index (χ3v) is 2.76. The summed E-state index contributed by atoms with van der Waals surface area (Å²) in [6.45, 7) is 0. The van der Waals surface area contributed by atoms with Gasteiger partial charge in [-0.05, 0) is 12.0 Å². The van der Waals surface area contributed by atoms with Crippen molar-refractivity contribution in [2.24, 2.45) is 0 Å². The molecule has 0 saturated heterocycles. The Morgan fingerprint density at radius 2 is 1.81 bits per heavy atom. The van der Waals surface area contributed by atoms with Crippen molar-refractivity contribution in [1.29, 1.82) is 0 Å². The van der Waals surface area contributed by atoms with Crippen molar-refractivity contribution < 1.29 is 21.9 Å². The lowest BCUT2D eigenvalue weighted by Gasteiger charge is -2.19. The Kier molecular flexibility index (Phi) is 4.49. The lowest BCUT2D eigenvalue weighted by molar-refractivity contribution is -0.150. The molecule has 0 aliphatic rings. The maximum Gasteiger partial charge on any atom is 0.395 e. The first-order valence-electron chi connectivity index (χ1n) is 4.60. The highest BCUT2D eigenvalue weighted by Gasteiger charge is 2.40. The molecule has 0 aromatic heterocycles. The van der Waals surface area contributed by atoms with Crippen LogP contribution in [-0.4, -0.2) is 20.7 Å². The summed E-state index contributed by atoms with van der Waals surface area (Å²) in [6.07, 6.45) is -4.77. The molecule has 0 heterocycles. The van der Waals surface area contributed by atoms with Crippen LogP contribution >= 0.6 is 0 Å². The number of halogens is 3. The average molecular weight is 252 g/mol. The van der Waals surface area contributed by atoms with Gasteiger partial charge in [-0.1, -0.05) is 30.3 Å². The molecule has 16 heavy (non-hydrogen) atoms. The van der Waals surface area contributed by atoms with Gasteiger partial charge in [-0.3, -0.25) is 0 Å². The van der Waals surface area contributed by atoms with E-state index in [-0.39, 0.29) is 17.7 Å². The summed E-state index contributed by atoms with van der Waals surface area (Å²) >= 11 is -2.19. The number of benzene rings is 1. The Hall–Kier alpha value is -0.880. The summed E-state index contributed by atoms with van der Waals surface area (Å²) in [7, 11) is 0. The van der Waals surface area contributed by atoms with Gasteiger partial charge in [0.15, 0.2) is 11.1 Å². The molecule has 0 amide bonds. The van der Waals surface area contributed by atoms with Crippen molar-refractivity contribution in [3.8, 4) is 0 Å². The normalized spacial score (nSPS) is 15.8. The fraction of sp³-hybridized carbons (Fsp3) is 0.400. The van der Waals surface area contributed by atoms with Gasteiger partial charge >= 0.3 is 6.18 Å². The molecule has 1 N–H and O–H groups in total. The van der Waals surface area contributed by atoms with Crippen molar-refractivity contribution in [1.82, 2.24) is 0 Å². The molecule has 0 saturated carbocycles. The van der Waals surface area contributed by atoms with Crippen LogP contribution in [0.2, 0.25) is 0 Å². The van der Waals surface area contributed by atoms with E-state index >= 15 is 0 Å². The molecule has 2 unspecified atom stereocenters. The first-order chi connectivity index (χ1) is 7.41. The monoisotopic (exact) mass is 252 g/mol. The molecular weight excluding hydrogens is 241 g/mol. The molecule has 1 aromatic rings.